The molecule has 0 fully saturated rings. The van der Waals surface area contributed by atoms with Crippen LogP contribution in [-0.2, 0) is 9.53 Å². The van der Waals surface area contributed by atoms with Crippen molar-refractivity contribution in [3.63, 3.8) is 0 Å². The Morgan fingerprint density at radius 1 is 1.37 bits per heavy atom. The van der Waals surface area contributed by atoms with E-state index < -0.39 is 11.8 Å². The van der Waals surface area contributed by atoms with Crippen LogP contribution >= 0.6 is 0 Å². The molecule has 19 heavy (non-hydrogen) atoms. The highest BCUT2D eigenvalue weighted by molar-refractivity contribution is 5.94. The van der Waals surface area contributed by atoms with Gasteiger partial charge in [-0.1, -0.05) is 6.07 Å². The van der Waals surface area contributed by atoms with E-state index in [2.05, 4.69) is 5.32 Å². The summed E-state index contributed by atoms with van der Waals surface area (Å²) in [7, 11) is 0. The predicted molar refractivity (Wildman–Crippen MR) is 66.5 cm³/mol. The van der Waals surface area contributed by atoms with Crippen LogP contribution in [0.2, 0.25) is 0 Å². The van der Waals surface area contributed by atoms with Crippen molar-refractivity contribution in [3.8, 4) is 0 Å². The van der Waals surface area contributed by atoms with Gasteiger partial charge in [-0.15, -0.1) is 0 Å². The minimum absolute atomic E-state index is 0.0723. The molecule has 0 aliphatic carbocycles. The molecule has 0 aliphatic rings. The lowest BCUT2D eigenvalue weighted by molar-refractivity contribution is -0.138. The first kappa shape index (κ1) is 15.1. The number of ether oxygens (including phenoxy) is 1. The molecule has 2 N–H and O–H groups in total. The predicted octanol–water partition coefficient (Wildman–Crippen LogP) is 1.36. The molecule has 6 heteroatoms. The molecule has 0 unspecified atom stereocenters. The highest BCUT2D eigenvalue weighted by atomic mass is 19.1. The summed E-state index contributed by atoms with van der Waals surface area (Å²) in [5.74, 6) is -1.75. The fraction of sp³-hybridized carbons (Fsp3) is 0.385. The van der Waals surface area contributed by atoms with Gasteiger partial charge in [0.05, 0.1) is 19.6 Å². The Hall–Kier alpha value is -1.95. The molecule has 1 aromatic carbocycles. The van der Waals surface area contributed by atoms with Crippen LogP contribution in [0, 0.1) is 12.7 Å². The Balaban J connectivity index is 2.27. The number of hydrogen-bond donors (Lipinski definition) is 2. The molecule has 0 saturated heterocycles. The normalized spacial score (nSPS) is 10.2. The number of hydrogen-bond acceptors (Lipinski definition) is 3. The van der Waals surface area contributed by atoms with E-state index in [0.29, 0.717) is 5.56 Å². The maximum Gasteiger partial charge on any atom is 0.305 e. The molecular formula is C13H16FNO4. The maximum atomic E-state index is 13.2. The number of benzene rings is 1. The van der Waals surface area contributed by atoms with Crippen LogP contribution < -0.4 is 5.32 Å². The van der Waals surface area contributed by atoms with Crippen LogP contribution in [0.15, 0.2) is 18.2 Å². The molecule has 0 bridgehead atoms. The first-order valence-electron chi connectivity index (χ1n) is 5.84. The average Bonchev–Trinajstić information content (AvgIpc) is 2.36. The minimum atomic E-state index is -0.931. The Labute approximate surface area is 110 Å². The van der Waals surface area contributed by atoms with E-state index in [4.69, 9.17) is 9.84 Å². The fourth-order valence-corrected chi connectivity index (χ4v) is 1.33. The second-order valence-corrected chi connectivity index (χ2v) is 3.98. The summed E-state index contributed by atoms with van der Waals surface area (Å²) in [6, 6.07) is 4.25. The number of halogens is 1. The van der Waals surface area contributed by atoms with Gasteiger partial charge in [-0.2, -0.15) is 0 Å². The standard InChI is InChI=1S/C13H16FNO4/c1-9-2-3-10(8-11(9)14)13(18)15-5-7-19-6-4-12(16)17/h2-3,8H,4-7H2,1H3,(H,15,18)(H,16,17). The summed E-state index contributed by atoms with van der Waals surface area (Å²) in [5.41, 5.74) is 0.724. The van der Waals surface area contributed by atoms with Gasteiger partial charge in [-0.25, -0.2) is 4.39 Å². The van der Waals surface area contributed by atoms with Gasteiger partial charge in [0.15, 0.2) is 0 Å². The lowest BCUT2D eigenvalue weighted by atomic mass is 10.1. The van der Waals surface area contributed by atoms with E-state index in [1.807, 2.05) is 0 Å². The van der Waals surface area contributed by atoms with Crippen LogP contribution in [-0.4, -0.2) is 36.7 Å². The highest BCUT2D eigenvalue weighted by Crippen LogP contribution is 2.08. The van der Waals surface area contributed by atoms with Crippen LogP contribution in [0.1, 0.15) is 22.3 Å². The van der Waals surface area contributed by atoms with Gasteiger partial charge in [0.1, 0.15) is 5.82 Å². The SMILES string of the molecule is Cc1ccc(C(=O)NCCOCCC(=O)O)cc1F. The average molecular weight is 269 g/mol. The number of amides is 1. The third-order valence-corrected chi connectivity index (χ3v) is 2.43. The second kappa shape index (κ2) is 7.48. The zero-order valence-corrected chi connectivity index (χ0v) is 10.6. The van der Waals surface area contributed by atoms with Crippen molar-refractivity contribution in [1.29, 1.82) is 0 Å². The molecule has 1 aromatic rings. The molecule has 0 aliphatic heterocycles. The first-order chi connectivity index (χ1) is 9.00. The van der Waals surface area contributed by atoms with E-state index in [0.717, 1.165) is 0 Å². The topological polar surface area (TPSA) is 75.6 Å². The molecule has 0 aromatic heterocycles. The summed E-state index contributed by atoms with van der Waals surface area (Å²) in [6.07, 6.45) is -0.0723. The zero-order chi connectivity index (χ0) is 14.3. The van der Waals surface area contributed by atoms with Crippen LogP contribution in [0.25, 0.3) is 0 Å². The molecule has 0 spiro atoms. The van der Waals surface area contributed by atoms with Crippen LogP contribution in [0.4, 0.5) is 4.39 Å². The summed E-state index contributed by atoms with van der Waals surface area (Å²) in [6.45, 7) is 2.18. The number of nitrogens with one attached hydrogen (secondary N) is 1. The number of carbonyl (C=O) groups is 2. The van der Waals surface area contributed by atoms with Gasteiger partial charge in [0, 0.05) is 12.1 Å². The molecule has 104 valence electrons. The molecule has 5 nitrogen and oxygen atoms in total. The molecule has 0 atom stereocenters. The fourth-order valence-electron chi connectivity index (χ4n) is 1.33. The van der Waals surface area contributed by atoms with Crippen molar-refractivity contribution in [1.82, 2.24) is 5.32 Å². The summed E-state index contributed by atoms with van der Waals surface area (Å²) in [5, 5.41) is 10.9. The Morgan fingerprint density at radius 3 is 2.74 bits per heavy atom. The molecule has 0 saturated carbocycles. The lowest BCUT2D eigenvalue weighted by Gasteiger charge is -2.06. The van der Waals surface area contributed by atoms with Crippen molar-refractivity contribution >= 4 is 11.9 Å². The van der Waals surface area contributed by atoms with Crippen molar-refractivity contribution in [3.05, 3.63) is 35.1 Å². The van der Waals surface area contributed by atoms with Gasteiger partial charge < -0.3 is 15.2 Å². The van der Waals surface area contributed by atoms with Gasteiger partial charge in [-0.05, 0) is 24.6 Å². The first-order valence-corrected chi connectivity index (χ1v) is 5.84. The molecule has 1 rings (SSSR count). The molecule has 1 amide bonds. The van der Waals surface area contributed by atoms with Crippen molar-refractivity contribution in [2.75, 3.05) is 19.8 Å². The van der Waals surface area contributed by atoms with Gasteiger partial charge in [0.25, 0.3) is 5.91 Å². The van der Waals surface area contributed by atoms with Crippen LogP contribution in [0.5, 0.6) is 0 Å². The van der Waals surface area contributed by atoms with E-state index in [-0.39, 0.29) is 37.6 Å². The van der Waals surface area contributed by atoms with Crippen molar-refractivity contribution in [2.45, 2.75) is 13.3 Å². The Bertz CT molecular complexity index is 462. The summed E-state index contributed by atoms with van der Waals surface area (Å²) in [4.78, 5) is 21.8. The number of carbonyl (C=O) groups excluding carboxylic acids is 1. The lowest BCUT2D eigenvalue weighted by Crippen LogP contribution is -2.27. The van der Waals surface area contributed by atoms with Gasteiger partial charge >= 0.3 is 5.97 Å². The highest BCUT2D eigenvalue weighted by Gasteiger charge is 2.07. The monoisotopic (exact) mass is 269 g/mol. The van der Waals surface area contributed by atoms with Gasteiger partial charge in [0.2, 0.25) is 0 Å². The molecule has 0 radical (unpaired) electrons. The number of aliphatic carboxylic acids is 1. The van der Waals surface area contributed by atoms with Crippen molar-refractivity contribution < 1.29 is 23.8 Å². The largest absolute Gasteiger partial charge is 0.481 e. The van der Waals surface area contributed by atoms with E-state index in [9.17, 15) is 14.0 Å². The quantitative estimate of drug-likeness (QED) is 0.733. The summed E-state index contributed by atoms with van der Waals surface area (Å²) >= 11 is 0. The number of carboxylic acids is 1. The Morgan fingerprint density at radius 2 is 2.11 bits per heavy atom. The Kier molecular flexibility index (Phi) is 5.95. The summed E-state index contributed by atoms with van der Waals surface area (Å²) < 4.78 is 18.2. The van der Waals surface area contributed by atoms with E-state index in [1.165, 1.54) is 12.1 Å². The number of rotatable bonds is 7. The van der Waals surface area contributed by atoms with E-state index >= 15 is 0 Å². The van der Waals surface area contributed by atoms with Gasteiger partial charge in [-0.3, -0.25) is 9.59 Å². The zero-order valence-electron chi connectivity index (χ0n) is 10.6. The second-order valence-electron chi connectivity index (χ2n) is 3.98. The number of carboxylic acid groups (broad SMARTS) is 1. The van der Waals surface area contributed by atoms with Crippen LogP contribution in [0.3, 0.4) is 0 Å². The number of aryl methyl sites for hydroxylation is 1. The maximum absolute atomic E-state index is 13.2. The molecular weight excluding hydrogens is 253 g/mol. The van der Waals surface area contributed by atoms with Crippen molar-refractivity contribution in [2.24, 2.45) is 0 Å². The smallest absolute Gasteiger partial charge is 0.305 e. The molecule has 0 heterocycles. The minimum Gasteiger partial charge on any atom is -0.481 e. The third kappa shape index (κ3) is 5.48. The third-order valence-electron chi connectivity index (χ3n) is 2.43. The van der Waals surface area contributed by atoms with E-state index in [1.54, 1.807) is 13.0 Å².